The SMILES string of the molecule is O=C1N(C(c2ccccc2)c2ccccc2)C(c2ccccc2)C12CCN(Cc1ccc3c(c1)OCCCO3)CC2. The molecular weight excluding hydrogens is 508 g/mol. The third-order valence-corrected chi connectivity index (χ3v) is 9.05. The number of nitrogens with zero attached hydrogens (tertiary/aromatic N) is 2. The number of ether oxygens (including phenoxy) is 2. The molecule has 0 aromatic heterocycles. The van der Waals surface area contributed by atoms with Crippen LogP contribution in [0.15, 0.2) is 109 Å². The lowest BCUT2D eigenvalue weighted by atomic mass is 9.61. The summed E-state index contributed by atoms with van der Waals surface area (Å²) >= 11 is 0. The molecule has 3 heterocycles. The van der Waals surface area contributed by atoms with Crippen LogP contribution in [-0.4, -0.2) is 42.0 Å². The normalized spacial score (nSPS) is 20.1. The fraction of sp³-hybridized carbons (Fsp3) is 0.306. The van der Waals surface area contributed by atoms with Crippen LogP contribution >= 0.6 is 0 Å². The van der Waals surface area contributed by atoms with Crippen LogP contribution in [0.4, 0.5) is 0 Å². The van der Waals surface area contributed by atoms with E-state index in [0.717, 1.165) is 61.5 Å². The minimum absolute atomic E-state index is 0.0294. The lowest BCUT2D eigenvalue weighted by Gasteiger charge is -2.61. The van der Waals surface area contributed by atoms with Crippen LogP contribution in [0.2, 0.25) is 0 Å². The molecule has 0 bridgehead atoms. The second-order valence-corrected chi connectivity index (χ2v) is 11.5. The van der Waals surface area contributed by atoms with Gasteiger partial charge in [-0.1, -0.05) is 97.1 Å². The Labute approximate surface area is 242 Å². The van der Waals surface area contributed by atoms with E-state index in [1.165, 1.54) is 11.1 Å². The number of carbonyl (C=O) groups excluding carboxylic acids is 1. The molecular formula is C36H36N2O3. The summed E-state index contributed by atoms with van der Waals surface area (Å²) in [6.45, 7) is 4.01. The monoisotopic (exact) mass is 544 g/mol. The van der Waals surface area contributed by atoms with Gasteiger partial charge in [0.1, 0.15) is 0 Å². The summed E-state index contributed by atoms with van der Waals surface area (Å²) in [6, 6.07) is 37.8. The maximum atomic E-state index is 14.4. The van der Waals surface area contributed by atoms with Crippen LogP contribution in [0.3, 0.4) is 0 Å². The highest BCUT2D eigenvalue weighted by Gasteiger charge is 2.63. The lowest BCUT2D eigenvalue weighted by molar-refractivity contribution is -0.185. The molecule has 3 aliphatic rings. The molecule has 2 saturated heterocycles. The number of amides is 1. The van der Waals surface area contributed by atoms with Gasteiger partial charge in [-0.25, -0.2) is 0 Å². The van der Waals surface area contributed by atoms with Gasteiger partial charge in [0.25, 0.3) is 0 Å². The van der Waals surface area contributed by atoms with Crippen molar-refractivity contribution in [1.29, 1.82) is 0 Å². The number of likely N-dealkylation sites (tertiary alicyclic amines) is 2. The Bertz CT molecular complexity index is 1440. The van der Waals surface area contributed by atoms with Gasteiger partial charge in [0, 0.05) is 13.0 Å². The first-order chi connectivity index (χ1) is 20.2. The largest absolute Gasteiger partial charge is 0.490 e. The summed E-state index contributed by atoms with van der Waals surface area (Å²) in [6.07, 6.45) is 2.60. The van der Waals surface area contributed by atoms with Crippen LogP contribution in [0, 0.1) is 5.41 Å². The molecule has 3 aliphatic heterocycles. The van der Waals surface area contributed by atoms with Crippen molar-refractivity contribution in [2.45, 2.75) is 37.9 Å². The molecule has 0 saturated carbocycles. The molecule has 1 unspecified atom stereocenters. The van der Waals surface area contributed by atoms with E-state index in [9.17, 15) is 4.79 Å². The van der Waals surface area contributed by atoms with Crippen LogP contribution in [0.5, 0.6) is 11.5 Å². The van der Waals surface area contributed by atoms with E-state index < -0.39 is 0 Å². The smallest absolute Gasteiger partial charge is 0.232 e. The predicted molar refractivity (Wildman–Crippen MR) is 160 cm³/mol. The van der Waals surface area contributed by atoms with Gasteiger partial charge in [-0.05, 0) is 60.3 Å². The number of hydrogen-bond acceptors (Lipinski definition) is 4. The number of β-lactam (4-membered cyclic amide) rings is 1. The predicted octanol–water partition coefficient (Wildman–Crippen LogP) is 6.80. The van der Waals surface area contributed by atoms with Gasteiger partial charge in [0.05, 0.1) is 30.7 Å². The van der Waals surface area contributed by atoms with E-state index in [2.05, 4.69) is 101 Å². The number of piperidine rings is 1. The van der Waals surface area contributed by atoms with Crippen molar-refractivity contribution in [1.82, 2.24) is 9.80 Å². The lowest BCUT2D eigenvalue weighted by Crippen LogP contribution is -2.66. The minimum Gasteiger partial charge on any atom is -0.490 e. The minimum atomic E-state index is -0.385. The molecule has 5 nitrogen and oxygen atoms in total. The van der Waals surface area contributed by atoms with Crippen molar-refractivity contribution >= 4 is 5.91 Å². The molecule has 4 aromatic carbocycles. The van der Waals surface area contributed by atoms with E-state index in [1.54, 1.807) is 0 Å². The molecule has 1 spiro atoms. The van der Waals surface area contributed by atoms with Gasteiger partial charge in [0.2, 0.25) is 5.91 Å². The van der Waals surface area contributed by atoms with Crippen molar-refractivity contribution in [2.75, 3.05) is 26.3 Å². The van der Waals surface area contributed by atoms with Gasteiger partial charge in [-0.3, -0.25) is 9.69 Å². The Kier molecular flexibility index (Phi) is 6.97. The summed E-state index contributed by atoms with van der Waals surface area (Å²) in [5.74, 6) is 1.95. The highest BCUT2D eigenvalue weighted by atomic mass is 16.5. The number of fused-ring (bicyclic) bond motifs is 1. The first kappa shape index (κ1) is 25.8. The zero-order chi connectivity index (χ0) is 27.6. The molecule has 41 heavy (non-hydrogen) atoms. The summed E-state index contributed by atoms with van der Waals surface area (Å²) in [5, 5.41) is 0. The van der Waals surface area contributed by atoms with Crippen molar-refractivity contribution in [3.8, 4) is 11.5 Å². The average Bonchev–Trinajstić information content (AvgIpc) is 3.28. The van der Waals surface area contributed by atoms with Crippen LogP contribution in [0.25, 0.3) is 0 Å². The van der Waals surface area contributed by atoms with Gasteiger partial charge < -0.3 is 14.4 Å². The zero-order valence-electron chi connectivity index (χ0n) is 23.3. The Morgan fingerprint density at radius 2 is 1.32 bits per heavy atom. The maximum Gasteiger partial charge on any atom is 0.232 e. The fourth-order valence-corrected chi connectivity index (χ4v) is 7.02. The Hall–Kier alpha value is -4.09. The summed E-state index contributed by atoms with van der Waals surface area (Å²) in [4.78, 5) is 19.1. The molecule has 4 aromatic rings. The quantitative estimate of drug-likeness (QED) is 0.250. The standard InChI is InChI=1S/C36H36N2O3/c39-35-36(19-21-37(22-20-36)26-27-17-18-31-32(25-27)41-24-10-23-40-31)34(30-15-8-3-9-16-30)38(35)33(28-11-4-1-5-12-28)29-13-6-2-7-14-29/h1-9,11-18,25,33-34H,10,19-24,26H2. The number of hydrogen-bond donors (Lipinski definition) is 0. The van der Waals surface area contributed by atoms with Gasteiger partial charge >= 0.3 is 0 Å². The second kappa shape index (κ2) is 11.1. The van der Waals surface area contributed by atoms with Crippen molar-refractivity contribution < 1.29 is 14.3 Å². The van der Waals surface area contributed by atoms with Crippen LogP contribution in [-0.2, 0) is 11.3 Å². The van der Waals surface area contributed by atoms with E-state index in [1.807, 2.05) is 18.2 Å². The topological polar surface area (TPSA) is 42.0 Å². The third kappa shape index (κ3) is 4.78. The molecule has 1 atom stereocenters. The zero-order valence-corrected chi connectivity index (χ0v) is 23.3. The van der Waals surface area contributed by atoms with Crippen LogP contribution in [0.1, 0.15) is 53.6 Å². The molecule has 1 amide bonds. The van der Waals surface area contributed by atoms with Crippen molar-refractivity contribution in [2.24, 2.45) is 5.41 Å². The first-order valence-corrected chi connectivity index (χ1v) is 14.8. The maximum absolute atomic E-state index is 14.4. The summed E-state index contributed by atoms with van der Waals surface area (Å²) < 4.78 is 11.7. The molecule has 208 valence electrons. The molecule has 2 fully saturated rings. The van der Waals surface area contributed by atoms with Crippen LogP contribution < -0.4 is 9.47 Å². The van der Waals surface area contributed by atoms with E-state index in [0.29, 0.717) is 13.2 Å². The van der Waals surface area contributed by atoms with Crippen molar-refractivity contribution in [3.63, 3.8) is 0 Å². The van der Waals surface area contributed by atoms with Gasteiger partial charge in [0.15, 0.2) is 11.5 Å². The summed E-state index contributed by atoms with van der Waals surface area (Å²) in [7, 11) is 0. The van der Waals surface area contributed by atoms with Gasteiger partial charge in [-0.2, -0.15) is 0 Å². The molecule has 0 N–H and O–H groups in total. The number of benzene rings is 4. The number of carbonyl (C=O) groups is 1. The highest BCUT2D eigenvalue weighted by molar-refractivity contribution is 5.92. The molecule has 0 aliphatic carbocycles. The Morgan fingerprint density at radius 1 is 0.732 bits per heavy atom. The Balaban J connectivity index is 1.16. The number of rotatable bonds is 6. The van der Waals surface area contributed by atoms with E-state index in [4.69, 9.17) is 9.47 Å². The van der Waals surface area contributed by atoms with Crippen molar-refractivity contribution in [3.05, 3.63) is 131 Å². The van der Waals surface area contributed by atoms with E-state index in [-0.39, 0.29) is 23.4 Å². The molecule has 0 radical (unpaired) electrons. The second-order valence-electron chi connectivity index (χ2n) is 11.5. The summed E-state index contributed by atoms with van der Waals surface area (Å²) in [5.41, 5.74) is 4.36. The first-order valence-electron chi connectivity index (χ1n) is 14.8. The van der Waals surface area contributed by atoms with Gasteiger partial charge in [-0.15, -0.1) is 0 Å². The van der Waals surface area contributed by atoms with E-state index >= 15 is 0 Å². The molecule has 5 heteroatoms. The highest BCUT2D eigenvalue weighted by Crippen LogP contribution is 2.59. The average molecular weight is 545 g/mol. The molecule has 7 rings (SSSR count). The fourth-order valence-electron chi connectivity index (χ4n) is 7.02. The Morgan fingerprint density at radius 3 is 1.95 bits per heavy atom. The third-order valence-electron chi connectivity index (χ3n) is 9.05.